The second-order valence-corrected chi connectivity index (χ2v) is 8.54. The number of hydrogen-bond acceptors (Lipinski definition) is 3. The standard InChI is InChI=1S/C20H24N2O3S/c1-16-8-10-18(11-9-16)26(24,25)22-15-14-21-19(23)20(12-5-13-20)17-6-3-2-4-7-17/h2-4,6-11,22H,5,12-15H2,1H3,(H,21,23). The molecule has 5 nitrogen and oxygen atoms in total. The lowest BCUT2D eigenvalue weighted by Crippen LogP contribution is -2.50. The fourth-order valence-corrected chi connectivity index (χ4v) is 4.30. The molecule has 0 unspecified atom stereocenters. The highest BCUT2D eigenvalue weighted by atomic mass is 32.2. The number of hydrogen-bond donors (Lipinski definition) is 2. The van der Waals surface area contributed by atoms with Crippen molar-refractivity contribution in [3.8, 4) is 0 Å². The Morgan fingerprint density at radius 2 is 1.65 bits per heavy atom. The molecule has 0 bridgehead atoms. The minimum Gasteiger partial charge on any atom is -0.354 e. The number of sulfonamides is 1. The molecule has 1 saturated carbocycles. The Labute approximate surface area is 154 Å². The lowest BCUT2D eigenvalue weighted by molar-refractivity contribution is -0.129. The third kappa shape index (κ3) is 3.81. The maximum Gasteiger partial charge on any atom is 0.240 e. The quantitative estimate of drug-likeness (QED) is 0.734. The summed E-state index contributed by atoms with van der Waals surface area (Å²) in [4.78, 5) is 12.9. The molecular weight excluding hydrogens is 348 g/mol. The first-order chi connectivity index (χ1) is 12.4. The molecule has 1 amide bonds. The van der Waals surface area contributed by atoms with Gasteiger partial charge in [0, 0.05) is 13.1 Å². The molecule has 0 aliphatic heterocycles. The summed E-state index contributed by atoms with van der Waals surface area (Å²) in [7, 11) is -3.56. The van der Waals surface area contributed by atoms with Crippen LogP contribution in [0.3, 0.4) is 0 Å². The largest absolute Gasteiger partial charge is 0.354 e. The molecule has 2 aromatic rings. The van der Waals surface area contributed by atoms with Gasteiger partial charge in [-0.3, -0.25) is 4.79 Å². The van der Waals surface area contributed by atoms with Gasteiger partial charge in [0.05, 0.1) is 10.3 Å². The molecule has 1 aliphatic rings. The molecule has 0 aromatic heterocycles. The van der Waals surface area contributed by atoms with Crippen molar-refractivity contribution in [2.75, 3.05) is 13.1 Å². The van der Waals surface area contributed by atoms with Gasteiger partial charge >= 0.3 is 0 Å². The van der Waals surface area contributed by atoms with E-state index in [1.54, 1.807) is 24.3 Å². The van der Waals surface area contributed by atoms with E-state index in [0.29, 0.717) is 0 Å². The monoisotopic (exact) mass is 372 g/mol. The van der Waals surface area contributed by atoms with Crippen molar-refractivity contribution in [2.45, 2.75) is 36.5 Å². The molecule has 0 saturated heterocycles. The Morgan fingerprint density at radius 3 is 2.23 bits per heavy atom. The molecule has 2 N–H and O–H groups in total. The molecule has 26 heavy (non-hydrogen) atoms. The van der Waals surface area contributed by atoms with Gasteiger partial charge in [-0.25, -0.2) is 13.1 Å². The van der Waals surface area contributed by atoms with E-state index in [9.17, 15) is 13.2 Å². The Hall–Kier alpha value is -2.18. The summed E-state index contributed by atoms with van der Waals surface area (Å²) in [5.41, 5.74) is 1.57. The van der Waals surface area contributed by atoms with Gasteiger partial charge in [-0.05, 0) is 37.5 Å². The summed E-state index contributed by atoms with van der Waals surface area (Å²) in [5, 5.41) is 2.89. The van der Waals surface area contributed by atoms with Crippen molar-refractivity contribution >= 4 is 15.9 Å². The van der Waals surface area contributed by atoms with Crippen molar-refractivity contribution in [1.29, 1.82) is 0 Å². The maximum absolute atomic E-state index is 12.7. The van der Waals surface area contributed by atoms with E-state index in [4.69, 9.17) is 0 Å². The first kappa shape index (κ1) is 18.6. The van der Waals surface area contributed by atoms with Crippen LogP contribution in [0.2, 0.25) is 0 Å². The van der Waals surface area contributed by atoms with Crippen LogP contribution in [0.4, 0.5) is 0 Å². The highest BCUT2D eigenvalue weighted by molar-refractivity contribution is 7.89. The highest BCUT2D eigenvalue weighted by Gasteiger charge is 2.45. The zero-order valence-electron chi connectivity index (χ0n) is 14.9. The fraction of sp³-hybridized carbons (Fsp3) is 0.350. The van der Waals surface area contributed by atoms with E-state index in [1.165, 1.54) is 0 Å². The van der Waals surface area contributed by atoms with E-state index in [-0.39, 0.29) is 23.9 Å². The van der Waals surface area contributed by atoms with E-state index in [2.05, 4.69) is 10.0 Å². The number of benzene rings is 2. The Bertz CT molecular complexity index is 858. The minimum atomic E-state index is -3.56. The zero-order valence-corrected chi connectivity index (χ0v) is 15.7. The second kappa shape index (κ2) is 7.60. The molecule has 3 rings (SSSR count). The van der Waals surface area contributed by atoms with E-state index in [0.717, 1.165) is 30.4 Å². The van der Waals surface area contributed by atoms with Crippen LogP contribution in [0.15, 0.2) is 59.5 Å². The van der Waals surface area contributed by atoms with Crippen molar-refractivity contribution in [1.82, 2.24) is 10.0 Å². The smallest absolute Gasteiger partial charge is 0.240 e. The van der Waals surface area contributed by atoms with Gasteiger partial charge in [0.15, 0.2) is 0 Å². The van der Waals surface area contributed by atoms with Crippen molar-refractivity contribution in [3.05, 3.63) is 65.7 Å². The summed E-state index contributed by atoms with van der Waals surface area (Å²) in [6.45, 7) is 2.33. The van der Waals surface area contributed by atoms with Gasteiger partial charge in [0.1, 0.15) is 0 Å². The van der Waals surface area contributed by atoms with Crippen molar-refractivity contribution in [2.24, 2.45) is 0 Å². The van der Waals surface area contributed by atoms with Crippen LogP contribution >= 0.6 is 0 Å². The van der Waals surface area contributed by atoms with Crippen LogP contribution in [0, 0.1) is 6.92 Å². The van der Waals surface area contributed by atoms with E-state index in [1.807, 2.05) is 37.3 Å². The zero-order chi connectivity index (χ0) is 18.6. The molecule has 6 heteroatoms. The van der Waals surface area contributed by atoms with Gasteiger partial charge in [-0.15, -0.1) is 0 Å². The summed E-state index contributed by atoms with van der Waals surface area (Å²) in [6, 6.07) is 16.5. The Balaban J connectivity index is 1.55. The Kier molecular flexibility index (Phi) is 5.44. The molecule has 0 radical (unpaired) electrons. The van der Waals surface area contributed by atoms with E-state index >= 15 is 0 Å². The van der Waals surface area contributed by atoms with Crippen LogP contribution in [0.1, 0.15) is 30.4 Å². The highest BCUT2D eigenvalue weighted by Crippen LogP contribution is 2.43. The van der Waals surface area contributed by atoms with Crippen molar-refractivity contribution in [3.63, 3.8) is 0 Å². The molecule has 0 atom stereocenters. The molecule has 2 aromatic carbocycles. The van der Waals surface area contributed by atoms with Gasteiger partial charge in [0.25, 0.3) is 0 Å². The summed E-state index contributed by atoms with van der Waals surface area (Å²) in [5.74, 6) is -0.0236. The number of carbonyl (C=O) groups excluding carboxylic acids is 1. The van der Waals surface area contributed by atoms with Crippen LogP contribution < -0.4 is 10.0 Å². The maximum atomic E-state index is 12.7. The predicted molar refractivity (Wildman–Crippen MR) is 101 cm³/mol. The number of aryl methyl sites for hydroxylation is 1. The Morgan fingerprint density at radius 1 is 1.00 bits per heavy atom. The van der Waals surface area contributed by atoms with Crippen LogP contribution in [0.25, 0.3) is 0 Å². The normalized spacial score (nSPS) is 15.9. The molecule has 0 heterocycles. The minimum absolute atomic E-state index is 0.0236. The van der Waals surface area contributed by atoms with Crippen LogP contribution in [-0.4, -0.2) is 27.4 Å². The molecule has 0 spiro atoms. The molecule has 1 aliphatic carbocycles. The SMILES string of the molecule is Cc1ccc(S(=O)(=O)NCCNC(=O)C2(c3ccccc3)CCC2)cc1. The molecular formula is C20H24N2O3S. The lowest BCUT2D eigenvalue weighted by atomic mass is 9.64. The average molecular weight is 372 g/mol. The topological polar surface area (TPSA) is 75.3 Å². The predicted octanol–water partition coefficient (Wildman–Crippen LogP) is 2.51. The lowest BCUT2D eigenvalue weighted by Gasteiger charge is -2.40. The number of rotatable bonds is 7. The van der Waals surface area contributed by atoms with Gasteiger partial charge in [-0.2, -0.15) is 0 Å². The third-order valence-corrected chi connectivity index (χ3v) is 6.48. The van der Waals surface area contributed by atoms with Gasteiger partial charge in [0.2, 0.25) is 15.9 Å². The fourth-order valence-electron chi connectivity index (χ4n) is 3.27. The number of amides is 1. The van der Waals surface area contributed by atoms with Gasteiger partial charge in [-0.1, -0.05) is 54.4 Å². The average Bonchev–Trinajstić information content (AvgIpc) is 2.59. The summed E-state index contributed by atoms with van der Waals surface area (Å²) in [6.07, 6.45) is 2.69. The first-order valence-corrected chi connectivity index (χ1v) is 10.3. The molecule has 1 fully saturated rings. The van der Waals surface area contributed by atoms with Crippen LogP contribution in [0.5, 0.6) is 0 Å². The summed E-state index contributed by atoms with van der Waals surface area (Å²) >= 11 is 0. The number of carbonyl (C=O) groups is 1. The molecule has 138 valence electrons. The van der Waals surface area contributed by atoms with Crippen molar-refractivity contribution < 1.29 is 13.2 Å². The van der Waals surface area contributed by atoms with E-state index < -0.39 is 15.4 Å². The van der Waals surface area contributed by atoms with Gasteiger partial charge < -0.3 is 5.32 Å². The summed E-state index contributed by atoms with van der Waals surface area (Å²) < 4.78 is 27.0. The third-order valence-electron chi connectivity index (χ3n) is 5.00. The number of nitrogens with one attached hydrogen (secondary N) is 2. The van der Waals surface area contributed by atoms with Crippen LogP contribution in [-0.2, 0) is 20.2 Å². The first-order valence-electron chi connectivity index (χ1n) is 8.84. The second-order valence-electron chi connectivity index (χ2n) is 6.77.